The van der Waals surface area contributed by atoms with Crippen molar-refractivity contribution in [1.82, 2.24) is 0 Å². The van der Waals surface area contributed by atoms with Gasteiger partial charge in [0.1, 0.15) is 5.78 Å². The zero-order valence-corrected chi connectivity index (χ0v) is 8.47. The number of rotatable bonds is 0. The van der Waals surface area contributed by atoms with Crippen LogP contribution in [-0.2, 0) is 16.6 Å². The lowest BCUT2D eigenvalue weighted by Gasteiger charge is -2.24. The monoisotopic (exact) mass is 186 g/mol. The van der Waals surface area contributed by atoms with Crippen LogP contribution in [0.4, 0.5) is 0 Å². The summed E-state index contributed by atoms with van der Waals surface area (Å²) in [5.74, 6) is 0.480. The first-order valence-electron chi connectivity index (χ1n) is 5.36. The highest BCUT2D eigenvalue weighted by atomic mass is 16.1. The van der Waals surface area contributed by atoms with Crippen LogP contribution >= 0.6 is 0 Å². The SMILES string of the molecule is Cc1ccc2c(c1)CCC(=O)C21CC1. The van der Waals surface area contributed by atoms with Crippen molar-refractivity contribution in [2.45, 2.75) is 38.0 Å². The van der Waals surface area contributed by atoms with Crippen LogP contribution in [-0.4, -0.2) is 5.78 Å². The van der Waals surface area contributed by atoms with Crippen molar-refractivity contribution in [2.24, 2.45) is 0 Å². The van der Waals surface area contributed by atoms with Gasteiger partial charge in [-0.1, -0.05) is 23.8 Å². The molecule has 1 heteroatoms. The van der Waals surface area contributed by atoms with Crippen molar-refractivity contribution in [3.63, 3.8) is 0 Å². The Hall–Kier alpha value is -1.11. The fourth-order valence-corrected chi connectivity index (χ4v) is 2.71. The van der Waals surface area contributed by atoms with E-state index in [1.54, 1.807) is 0 Å². The molecule has 1 fully saturated rings. The molecule has 0 atom stereocenters. The lowest BCUT2D eigenvalue weighted by atomic mass is 9.79. The normalized spacial score (nSPS) is 22.2. The molecule has 0 aromatic heterocycles. The molecule has 14 heavy (non-hydrogen) atoms. The summed E-state index contributed by atoms with van der Waals surface area (Å²) in [6.45, 7) is 2.12. The highest BCUT2D eigenvalue weighted by molar-refractivity contribution is 5.95. The minimum Gasteiger partial charge on any atom is -0.299 e. The average molecular weight is 186 g/mol. The van der Waals surface area contributed by atoms with Crippen LogP contribution in [0.25, 0.3) is 0 Å². The third kappa shape index (κ3) is 0.927. The van der Waals surface area contributed by atoms with Gasteiger partial charge < -0.3 is 0 Å². The molecule has 2 aliphatic rings. The van der Waals surface area contributed by atoms with Crippen molar-refractivity contribution in [3.05, 3.63) is 34.9 Å². The molecular weight excluding hydrogens is 172 g/mol. The molecule has 1 spiro atoms. The molecule has 2 aliphatic carbocycles. The topological polar surface area (TPSA) is 17.1 Å². The molecule has 1 saturated carbocycles. The fraction of sp³-hybridized carbons (Fsp3) is 0.462. The first-order chi connectivity index (χ1) is 6.72. The van der Waals surface area contributed by atoms with Crippen LogP contribution in [0.15, 0.2) is 18.2 Å². The number of fused-ring (bicyclic) bond motifs is 2. The predicted molar refractivity (Wildman–Crippen MR) is 55.4 cm³/mol. The van der Waals surface area contributed by atoms with E-state index in [-0.39, 0.29) is 5.41 Å². The average Bonchev–Trinajstić information content (AvgIpc) is 2.94. The summed E-state index contributed by atoms with van der Waals surface area (Å²) < 4.78 is 0. The maximum absolute atomic E-state index is 11.8. The number of benzene rings is 1. The number of ketones is 1. The fourth-order valence-electron chi connectivity index (χ4n) is 2.71. The summed E-state index contributed by atoms with van der Waals surface area (Å²) in [7, 11) is 0. The standard InChI is InChI=1S/C13H14O/c1-9-2-4-11-10(8-9)3-5-12(14)13(11)6-7-13/h2,4,8H,3,5-7H2,1H3. The van der Waals surface area contributed by atoms with E-state index in [0.29, 0.717) is 5.78 Å². The van der Waals surface area contributed by atoms with E-state index in [2.05, 4.69) is 25.1 Å². The van der Waals surface area contributed by atoms with E-state index in [1.165, 1.54) is 16.7 Å². The van der Waals surface area contributed by atoms with Crippen molar-refractivity contribution in [2.75, 3.05) is 0 Å². The van der Waals surface area contributed by atoms with Gasteiger partial charge >= 0.3 is 0 Å². The number of Topliss-reactive ketones (excluding diaryl/α,β-unsaturated/α-hetero) is 1. The van der Waals surface area contributed by atoms with E-state index < -0.39 is 0 Å². The van der Waals surface area contributed by atoms with Gasteiger partial charge in [0.25, 0.3) is 0 Å². The number of hydrogen-bond acceptors (Lipinski definition) is 1. The van der Waals surface area contributed by atoms with Crippen LogP contribution in [0.5, 0.6) is 0 Å². The molecule has 3 rings (SSSR count). The van der Waals surface area contributed by atoms with Crippen LogP contribution in [0.3, 0.4) is 0 Å². The lowest BCUT2D eigenvalue weighted by Crippen LogP contribution is -2.27. The van der Waals surface area contributed by atoms with Crippen molar-refractivity contribution < 1.29 is 4.79 Å². The van der Waals surface area contributed by atoms with E-state index in [0.717, 1.165) is 25.7 Å². The Labute approximate surface area is 84.1 Å². The molecule has 1 aromatic carbocycles. The Kier molecular flexibility index (Phi) is 1.45. The van der Waals surface area contributed by atoms with Gasteiger partial charge in [-0.25, -0.2) is 0 Å². The van der Waals surface area contributed by atoms with E-state index in [9.17, 15) is 4.79 Å². The van der Waals surface area contributed by atoms with Crippen LogP contribution in [0, 0.1) is 6.92 Å². The maximum atomic E-state index is 11.8. The molecule has 72 valence electrons. The van der Waals surface area contributed by atoms with Gasteiger partial charge in [-0.15, -0.1) is 0 Å². The molecule has 0 unspecified atom stereocenters. The lowest BCUT2D eigenvalue weighted by molar-refractivity contribution is -0.121. The summed E-state index contributed by atoms with van der Waals surface area (Å²) in [6.07, 6.45) is 3.89. The molecule has 0 N–H and O–H groups in total. The van der Waals surface area contributed by atoms with Gasteiger partial charge in [-0.05, 0) is 37.3 Å². The smallest absolute Gasteiger partial charge is 0.143 e. The van der Waals surface area contributed by atoms with Gasteiger partial charge in [0.05, 0.1) is 5.41 Å². The highest BCUT2D eigenvalue weighted by Gasteiger charge is 2.52. The second-order valence-electron chi connectivity index (χ2n) is 4.67. The quantitative estimate of drug-likeness (QED) is 0.608. The number of carbonyl (C=O) groups excluding carboxylic acids is 1. The Bertz CT molecular complexity index is 413. The molecule has 1 nitrogen and oxygen atoms in total. The largest absolute Gasteiger partial charge is 0.299 e. The molecule has 1 aromatic rings. The van der Waals surface area contributed by atoms with Gasteiger partial charge in [-0.2, -0.15) is 0 Å². The first kappa shape index (κ1) is 8.22. The summed E-state index contributed by atoms with van der Waals surface area (Å²) in [5.41, 5.74) is 4.04. The molecular formula is C13H14O. The zero-order valence-electron chi connectivity index (χ0n) is 8.47. The third-order valence-electron chi connectivity index (χ3n) is 3.68. The number of hydrogen-bond donors (Lipinski definition) is 0. The van der Waals surface area contributed by atoms with Gasteiger partial charge in [-0.3, -0.25) is 4.79 Å². The third-order valence-corrected chi connectivity index (χ3v) is 3.68. The van der Waals surface area contributed by atoms with Crippen LogP contribution in [0.1, 0.15) is 36.0 Å². The molecule has 0 bridgehead atoms. The zero-order chi connectivity index (χ0) is 9.76. The van der Waals surface area contributed by atoms with Crippen molar-refractivity contribution >= 4 is 5.78 Å². The molecule has 0 radical (unpaired) electrons. The first-order valence-corrected chi connectivity index (χ1v) is 5.36. The highest BCUT2D eigenvalue weighted by Crippen LogP contribution is 2.53. The second-order valence-corrected chi connectivity index (χ2v) is 4.67. The second kappa shape index (κ2) is 2.47. The van der Waals surface area contributed by atoms with Gasteiger partial charge in [0, 0.05) is 6.42 Å². The Morgan fingerprint density at radius 3 is 2.71 bits per heavy atom. The summed E-state index contributed by atoms with van der Waals surface area (Å²) >= 11 is 0. The number of aryl methyl sites for hydroxylation is 2. The summed E-state index contributed by atoms with van der Waals surface area (Å²) in [5, 5.41) is 0. The van der Waals surface area contributed by atoms with E-state index >= 15 is 0 Å². The molecule has 0 aliphatic heterocycles. The van der Waals surface area contributed by atoms with E-state index in [4.69, 9.17) is 0 Å². The minimum absolute atomic E-state index is 0.0265. The van der Waals surface area contributed by atoms with Crippen LogP contribution in [0.2, 0.25) is 0 Å². The van der Waals surface area contributed by atoms with Crippen LogP contribution < -0.4 is 0 Å². The Morgan fingerprint density at radius 2 is 2.00 bits per heavy atom. The Morgan fingerprint density at radius 1 is 1.21 bits per heavy atom. The number of carbonyl (C=O) groups is 1. The van der Waals surface area contributed by atoms with Gasteiger partial charge in [0.15, 0.2) is 0 Å². The maximum Gasteiger partial charge on any atom is 0.143 e. The van der Waals surface area contributed by atoms with Gasteiger partial charge in [0.2, 0.25) is 0 Å². The predicted octanol–water partition coefficient (Wildman–Crippen LogP) is 2.54. The van der Waals surface area contributed by atoms with Crippen molar-refractivity contribution in [3.8, 4) is 0 Å². The Balaban J connectivity index is 2.18. The molecule has 0 amide bonds. The molecule has 0 saturated heterocycles. The van der Waals surface area contributed by atoms with Crippen molar-refractivity contribution in [1.29, 1.82) is 0 Å². The summed E-state index contributed by atoms with van der Waals surface area (Å²) in [6, 6.07) is 6.56. The summed E-state index contributed by atoms with van der Waals surface area (Å²) in [4.78, 5) is 11.8. The molecule has 0 heterocycles. The minimum atomic E-state index is -0.0265. The van der Waals surface area contributed by atoms with E-state index in [1.807, 2.05) is 0 Å².